The molecule has 2 rings (SSSR count). The molecule has 2 N–H and O–H groups in total. The van der Waals surface area contributed by atoms with E-state index in [9.17, 15) is 13.2 Å². The van der Waals surface area contributed by atoms with Crippen LogP contribution in [0, 0.1) is 5.92 Å². The molecule has 1 atom stereocenters. The smallest absolute Gasteiger partial charge is 0.335 e. The Morgan fingerprint density at radius 3 is 2.57 bits per heavy atom. The van der Waals surface area contributed by atoms with Gasteiger partial charge in [0.25, 0.3) is 0 Å². The van der Waals surface area contributed by atoms with E-state index in [4.69, 9.17) is 5.11 Å². The highest BCUT2D eigenvalue weighted by molar-refractivity contribution is 7.89. The van der Waals surface area contributed by atoms with Gasteiger partial charge >= 0.3 is 5.97 Å². The number of nitrogens with one attached hydrogen (secondary N) is 1. The lowest BCUT2D eigenvalue weighted by molar-refractivity contribution is 0.0696. The third-order valence-corrected chi connectivity index (χ3v) is 4.92. The Morgan fingerprint density at radius 2 is 2.04 bits per heavy atom. The third kappa shape index (κ3) is 3.77. The number of rotatable bonds is 6. The Morgan fingerprint density at radius 1 is 1.35 bits per heavy atom. The van der Waals surface area contributed by atoms with Gasteiger partial charge in [0, 0.05) is 19.4 Å². The normalized spacial score (nSPS) is 13.2. The van der Waals surface area contributed by atoms with Crippen LogP contribution in [0.3, 0.4) is 0 Å². The van der Waals surface area contributed by atoms with Gasteiger partial charge in [0.15, 0.2) is 0 Å². The van der Waals surface area contributed by atoms with E-state index in [-0.39, 0.29) is 16.4 Å². The van der Waals surface area contributed by atoms with Crippen molar-refractivity contribution >= 4 is 16.0 Å². The molecule has 0 amide bonds. The standard InChI is InChI=1S/C15H19N3O4S/c1-10(2)13(14-16-7-8-18(14)3)17-23(21,22)12-6-4-5-11(9-12)15(19)20/h4-10,13,17H,1-3H3,(H,19,20)/t13-/m0/s1. The van der Waals surface area contributed by atoms with Crippen LogP contribution in [-0.4, -0.2) is 29.0 Å². The number of carboxylic acids is 1. The van der Waals surface area contributed by atoms with E-state index < -0.39 is 22.0 Å². The van der Waals surface area contributed by atoms with Crippen molar-refractivity contribution < 1.29 is 18.3 Å². The van der Waals surface area contributed by atoms with Crippen LogP contribution >= 0.6 is 0 Å². The van der Waals surface area contributed by atoms with Crippen LogP contribution in [0.5, 0.6) is 0 Å². The molecule has 0 unspecified atom stereocenters. The second-order valence-electron chi connectivity index (χ2n) is 5.57. The van der Waals surface area contributed by atoms with Crippen LogP contribution in [0.2, 0.25) is 0 Å². The molecule has 0 radical (unpaired) electrons. The van der Waals surface area contributed by atoms with E-state index >= 15 is 0 Å². The van der Waals surface area contributed by atoms with Crippen LogP contribution in [0.15, 0.2) is 41.6 Å². The molecule has 0 aliphatic rings. The molecule has 0 aliphatic heterocycles. The minimum absolute atomic E-state index is 0.0338. The Kier molecular flexibility index (Phi) is 4.86. The summed E-state index contributed by atoms with van der Waals surface area (Å²) in [5.74, 6) is -0.613. The van der Waals surface area contributed by atoms with E-state index in [2.05, 4.69) is 9.71 Å². The molecule has 0 spiro atoms. The number of imidazole rings is 1. The van der Waals surface area contributed by atoms with Gasteiger partial charge in [-0.3, -0.25) is 0 Å². The average molecular weight is 337 g/mol. The number of aromatic carboxylic acids is 1. The topological polar surface area (TPSA) is 101 Å². The maximum absolute atomic E-state index is 12.6. The summed E-state index contributed by atoms with van der Waals surface area (Å²) in [5, 5.41) is 9.00. The number of sulfonamides is 1. The van der Waals surface area contributed by atoms with Gasteiger partial charge in [-0.25, -0.2) is 22.9 Å². The molecule has 0 saturated carbocycles. The lowest BCUT2D eigenvalue weighted by Gasteiger charge is -2.22. The van der Waals surface area contributed by atoms with Gasteiger partial charge in [-0.1, -0.05) is 19.9 Å². The minimum Gasteiger partial charge on any atom is -0.478 e. The van der Waals surface area contributed by atoms with Crippen LogP contribution < -0.4 is 4.72 Å². The van der Waals surface area contributed by atoms with Crippen LogP contribution in [-0.2, 0) is 17.1 Å². The summed E-state index contributed by atoms with van der Waals surface area (Å²) in [7, 11) is -2.08. The predicted molar refractivity (Wildman–Crippen MR) is 84.5 cm³/mol. The number of hydrogen-bond acceptors (Lipinski definition) is 4. The van der Waals surface area contributed by atoms with E-state index in [1.807, 2.05) is 13.8 Å². The van der Waals surface area contributed by atoms with Crippen LogP contribution in [0.1, 0.15) is 36.1 Å². The maximum atomic E-state index is 12.6. The quantitative estimate of drug-likeness (QED) is 0.837. The Bertz CT molecular complexity index is 812. The molecule has 7 nitrogen and oxygen atoms in total. The zero-order chi connectivity index (χ0) is 17.2. The second kappa shape index (κ2) is 6.51. The predicted octanol–water partition coefficient (Wildman–Crippen LogP) is 1.79. The molecule has 0 saturated heterocycles. The molecule has 1 aromatic carbocycles. The number of benzene rings is 1. The SMILES string of the molecule is CC(C)[C@H](NS(=O)(=O)c1cccc(C(=O)O)c1)c1nccn1C. The average Bonchev–Trinajstić information content (AvgIpc) is 2.90. The van der Waals surface area contributed by atoms with Gasteiger partial charge in [-0.15, -0.1) is 0 Å². The van der Waals surface area contributed by atoms with Crippen molar-refractivity contribution in [3.8, 4) is 0 Å². The Balaban J connectivity index is 2.37. The largest absolute Gasteiger partial charge is 0.478 e. The molecule has 1 aromatic heterocycles. The van der Waals surface area contributed by atoms with Crippen molar-refractivity contribution in [1.82, 2.24) is 14.3 Å². The summed E-state index contributed by atoms with van der Waals surface area (Å²) >= 11 is 0. The van der Waals surface area contributed by atoms with Gasteiger partial charge < -0.3 is 9.67 Å². The lowest BCUT2D eigenvalue weighted by Crippen LogP contribution is -2.33. The van der Waals surface area contributed by atoms with Crippen molar-refractivity contribution in [2.75, 3.05) is 0 Å². The number of nitrogens with zero attached hydrogens (tertiary/aromatic N) is 2. The van der Waals surface area contributed by atoms with Crippen LogP contribution in [0.25, 0.3) is 0 Å². The first kappa shape index (κ1) is 17.2. The first-order chi connectivity index (χ1) is 10.7. The fourth-order valence-electron chi connectivity index (χ4n) is 2.20. The van der Waals surface area contributed by atoms with Crippen molar-refractivity contribution in [1.29, 1.82) is 0 Å². The summed E-state index contributed by atoms with van der Waals surface area (Å²) in [6.07, 6.45) is 3.34. The highest BCUT2D eigenvalue weighted by Gasteiger charge is 2.27. The Labute approximate surface area is 135 Å². The van der Waals surface area contributed by atoms with Gasteiger partial charge in [-0.2, -0.15) is 0 Å². The van der Waals surface area contributed by atoms with E-state index in [0.717, 1.165) is 6.07 Å². The molecular weight excluding hydrogens is 318 g/mol. The summed E-state index contributed by atoms with van der Waals surface area (Å²) in [6, 6.07) is 4.74. The van der Waals surface area contributed by atoms with Crippen LogP contribution in [0.4, 0.5) is 0 Å². The van der Waals surface area contributed by atoms with E-state index in [1.165, 1.54) is 18.2 Å². The molecule has 8 heteroatoms. The summed E-state index contributed by atoms with van der Waals surface area (Å²) in [4.78, 5) is 15.1. The summed E-state index contributed by atoms with van der Waals surface area (Å²) in [5.41, 5.74) is -0.0778. The van der Waals surface area contributed by atoms with E-state index in [0.29, 0.717) is 5.82 Å². The first-order valence-electron chi connectivity index (χ1n) is 7.05. The number of aryl methyl sites for hydroxylation is 1. The Hall–Kier alpha value is -2.19. The van der Waals surface area contributed by atoms with Gasteiger partial charge in [0.2, 0.25) is 10.0 Å². The number of aromatic nitrogens is 2. The maximum Gasteiger partial charge on any atom is 0.335 e. The molecule has 23 heavy (non-hydrogen) atoms. The summed E-state index contributed by atoms with van der Waals surface area (Å²) in [6.45, 7) is 3.77. The third-order valence-electron chi connectivity index (χ3n) is 3.48. The van der Waals surface area contributed by atoms with Crippen molar-refractivity contribution in [3.05, 3.63) is 48.0 Å². The number of carboxylic acid groups (broad SMARTS) is 1. The molecule has 1 heterocycles. The molecule has 0 aliphatic carbocycles. The fourth-order valence-corrected chi connectivity index (χ4v) is 3.58. The molecule has 124 valence electrons. The number of hydrogen-bond donors (Lipinski definition) is 2. The molecule has 0 bridgehead atoms. The lowest BCUT2D eigenvalue weighted by atomic mass is 10.1. The first-order valence-corrected chi connectivity index (χ1v) is 8.53. The van der Waals surface area contributed by atoms with E-state index in [1.54, 1.807) is 24.0 Å². The van der Waals surface area contributed by atoms with Crippen molar-refractivity contribution in [2.45, 2.75) is 24.8 Å². The number of carbonyl (C=O) groups is 1. The second-order valence-corrected chi connectivity index (χ2v) is 7.29. The fraction of sp³-hybridized carbons (Fsp3) is 0.333. The molecule has 2 aromatic rings. The van der Waals surface area contributed by atoms with Gasteiger partial charge in [0.1, 0.15) is 5.82 Å². The molecular formula is C15H19N3O4S. The zero-order valence-corrected chi connectivity index (χ0v) is 13.9. The van der Waals surface area contributed by atoms with Gasteiger partial charge in [-0.05, 0) is 24.1 Å². The highest BCUT2D eigenvalue weighted by Crippen LogP contribution is 2.23. The molecule has 0 fully saturated rings. The monoisotopic (exact) mass is 337 g/mol. The van der Waals surface area contributed by atoms with Gasteiger partial charge in [0.05, 0.1) is 16.5 Å². The van der Waals surface area contributed by atoms with Crippen molar-refractivity contribution in [3.63, 3.8) is 0 Å². The highest BCUT2D eigenvalue weighted by atomic mass is 32.2. The summed E-state index contributed by atoms with van der Waals surface area (Å²) < 4.78 is 29.5. The van der Waals surface area contributed by atoms with Crippen molar-refractivity contribution in [2.24, 2.45) is 13.0 Å². The minimum atomic E-state index is -3.87. The zero-order valence-electron chi connectivity index (χ0n) is 13.1.